The van der Waals surface area contributed by atoms with E-state index in [9.17, 15) is 35.1 Å². The lowest BCUT2D eigenvalue weighted by Crippen LogP contribution is -2.60. The molecular weight excluding hydrogens is 940 g/mol. The molecule has 15 nitrogen and oxygen atoms in total. The quantitative estimate of drug-likeness (QED) is 0.0699. The van der Waals surface area contributed by atoms with Crippen molar-refractivity contribution < 1.29 is 63.5 Å². The molecule has 2 saturated heterocycles. The van der Waals surface area contributed by atoms with Gasteiger partial charge in [0.25, 0.3) is 0 Å². The molecule has 0 saturated carbocycles. The fourth-order valence-electron chi connectivity index (χ4n) is 11.0. The maximum atomic E-state index is 14.2. The van der Waals surface area contributed by atoms with Gasteiger partial charge in [-0.1, -0.05) is 69.3 Å². The lowest BCUT2D eigenvalue weighted by atomic mass is 9.78. The molecule has 72 heavy (non-hydrogen) atoms. The summed E-state index contributed by atoms with van der Waals surface area (Å²) in [5.74, 6) is -3.66. The summed E-state index contributed by atoms with van der Waals surface area (Å²) in [6.45, 7) is 15.2. The van der Waals surface area contributed by atoms with Gasteiger partial charge in [0.15, 0.2) is 6.29 Å². The van der Waals surface area contributed by atoms with Crippen molar-refractivity contribution in [3.05, 3.63) is 84.2 Å². The van der Waals surface area contributed by atoms with Crippen LogP contribution in [0.5, 0.6) is 0 Å². The summed E-state index contributed by atoms with van der Waals surface area (Å²) in [5.41, 5.74) is -3.71. The number of hydrogen-bond donors (Lipinski definition) is 5. The van der Waals surface area contributed by atoms with E-state index >= 15 is 0 Å². The van der Waals surface area contributed by atoms with Gasteiger partial charge in [0.1, 0.15) is 41.8 Å². The van der Waals surface area contributed by atoms with Crippen molar-refractivity contribution in [3.8, 4) is 0 Å². The molecule has 5 rings (SSSR count). The Hall–Kier alpha value is -3.15. The summed E-state index contributed by atoms with van der Waals surface area (Å²) in [6.07, 6.45) is 2.38. The van der Waals surface area contributed by atoms with Crippen LogP contribution in [0, 0.1) is 17.8 Å². The third-order valence-electron chi connectivity index (χ3n) is 15.1. The van der Waals surface area contributed by atoms with Gasteiger partial charge in [-0.2, -0.15) is 0 Å². The van der Waals surface area contributed by atoms with Crippen molar-refractivity contribution in [3.63, 3.8) is 0 Å². The molecule has 0 aromatic heterocycles. The molecule has 1 amide bonds. The van der Waals surface area contributed by atoms with Gasteiger partial charge in [-0.25, -0.2) is 0 Å². The maximum absolute atomic E-state index is 14.2. The normalized spacial score (nSPS) is 33.5. The number of carbonyl (C=O) groups is 2. The minimum Gasteiger partial charge on any atom is -0.459 e. The second-order valence-corrected chi connectivity index (χ2v) is 24.8. The van der Waals surface area contributed by atoms with E-state index in [-0.39, 0.29) is 57.1 Å². The number of benzene rings is 2. The smallest absolute Gasteiger partial charge is 0.311 e. The number of aliphatic hydroxyl groups is 5. The molecule has 2 heterocycles. The van der Waals surface area contributed by atoms with Crippen LogP contribution in [0.2, 0.25) is 0 Å². The standard InChI is InChI=1S/C56H88N2O13P/c1-11-47-56(8,65)51(62)42(6)58(37-38(2)36-55(7,64)52(40(4)49(60)41(5)53(63)70-47)71-54-50(61)46(57(9)10)35-39(3)69-54)48(59)27-28-66-29-30-67-31-32-68-33-34-72(43-21-15-12-16-22-43,44-23-17-13-18-24-44)45-25-19-14-20-26-45/h12-19,21-25,38-42,46-47,49-52,54,60-62,64-65H,11,20,26-37H2,1-10H3/q+1/t38-,39-,40+,41-,42-,46+,47-,49+,50-,51-,52-,54+,55-,56-/m1/s1. The molecule has 0 radical (unpaired) electrons. The Morgan fingerprint density at radius 3 is 1.99 bits per heavy atom. The van der Waals surface area contributed by atoms with Crippen molar-refractivity contribution in [2.24, 2.45) is 17.8 Å². The third kappa shape index (κ3) is 15.0. The van der Waals surface area contributed by atoms with E-state index in [0.29, 0.717) is 32.8 Å². The van der Waals surface area contributed by atoms with E-state index in [1.807, 2.05) is 32.8 Å². The van der Waals surface area contributed by atoms with Gasteiger partial charge in [-0.05, 0) is 111 Å². The second-order valence-electron chi connectivity index (χ2n) is 21.1. The Morgan fingerprint density at radius 2 is 1.43 bits per heavy atom. The van der Waals surface area contributed by atoms with Crippen LogP contribution in [0.25, 0.3) is 0 Å². The number of hydrogen-bond acceptors (Lipinski definition) is 14. The molecule has 5 N–H and O–H groups in total. The third-order valence-corrected chi connectivity index (χ3v) is 19.7. The van der Waals surface area contributed by atoms with Crippen LogP contribution in [0.1, 0.15) is 93.9 Å². The summed E-state index contributed by atoms with van der Waals surface area (Å²) in [4.78, 5) is 31.3. The first-order valence-corrected chi connectivity index (χ1v) is 28.2. The molecule has 3 aliphatic rings. The van der Waals surface area contributed by atoms with Gasteiger partial charge in [-0.15, -0.1) is 0 Å². The summed E-state index contributed by atoms with van der Waals surface area (Å²) in [7, 11) is 1.78. The van der Waals surface area contributed by atoms with Crippen molar-refractivity contribution in [1.29, 1.82) is 0 Å². The highest BCUT2D eigenvalue weighted by molar-refractivity contribution is 7.93. The van der Waals surface area contributed by atoms with Crippen molar-refractivity contribution in [2.45, 2.75) is 160 Å². The summed E-state index contributed by atoms with van der Waals surface area (Å²) < 4.78 is 36.4. The summed E-state index contributed by atoms with van der Waals surface area (Å²) in [5, 5.41) is 63.6. The summed E-state index contributed by atoms with van der Waals surface area (Å²) in [6, 6.07) is 20.3. The predicted molar refractivity (Wildman–Crippen MR) is 281 cm³/mol. The topological polar surface area (TPSA) is 197 Å². The van der Waals surface area contributed by atoms with Crippen LogP contribution in [-0.2, 0) is 38.0 Å². The first-order chi connectivity index (χ1) is 34.2. The minimum absolute atomic E-state index is 0.0410. The van der Waals surface area contributed by atoms with Gasteiger partial charge < -0.3 is 63.8 Å². The lowest BCUT2D eigenvalue weighted by molar-refractivity contribution is -0.299. The molecule has 1 aliphatic carbocycles. The number of likely N-dealkylation sites (N-methyl/N-ethyl adjacent to an activating group) is 1. The molecule has 16 heteroatoms. The molecule has 404 valence electrons. The van der Waals surface area contributed by atoms with Crippen molar-refractivity contribution in [2.75, 3.05) is 66.4 Å². The first-order valence-electron chi connectivity index (χ1n) is 26.2. The Balaban J connectivity index is 1.21. The van der Waals surface area contributed by atoms with Crippen LogP contribution < -0.4 is 10.6 Å². The molecule has 2 aromatic rings. The number of esters is 1. The maximum Gasteiger partial charge on any atom is 0.311 e. The highest BCUT2D eigenvalue weighted by Gasteiger charge is 2.51. The van der Waals surface area contributed by atoms with E-state index in [2.05, 4.69) is 78.9 Å². The molecule has 2 aliphatic heterocycles. The fourth-order valence-corrected chi connectivity index (χ4v) is 15.4. The first kappa shape index (κ1) is 59.7. The van der Waals surface area contributed by atoms with Crippen LogP contribution in [0.15, 0.2) is 84.2 Å². The van der Waals surface area contributed by atoms with Gasteiger partial charge in [0.2, 0.25) is 5.91 Å². The van der Waals surface area contributed by atoms with Crippen LogP contribution in [0.3, 0.4) is 0 Å². The zero-order valence-corrected chi connectivity index (χ0v) is 45.6. The van der Waals surface area contributed by atoms with Crippen LogP contribution >= 0.6 is 7.26 Å². The van der Waals surface area contributed by atoms with Crippen LogP contribution in [-0.4, -0.2) is 180 Å². The van der Waals surface area contributed by atoms with E-state index in [0.717, 1.165) is 19.0 Å². The minimum atomic E-state index is -2.01. The SMILES string of the molecule is CC[C@H]1OC(=O)[C@H](C)[C@@H](O)[C@H](C)[C@@H](O[C@@H]2O[C@H](C)C[C@H](N(C)C)[C@H]2O)[C@](C)(O)C[C@@H](C)CN(C(=O)CCOCCOCCOCC[P+](C2=CC=CCC2)(c2ccccc2)c2ccccc2)[C@H](C)[C@@H](O)[C@]1(C)O. The summed E-state index contributed by atoms with van der Waals surface area (Å²) >= 11 is 0. The van der Waals surface area contributed by atoms with Crippen LogP contribution in [0.4, 0.5) is 0 Å². The number of rotatable bonds is 19. The Kier molecular flexibility index (Phi) is 22.9. The average Bonchev–Trinajstić information content (AvgIpc) is 3.36. The lowest BCUT2D eigenvalue weighted by Gasteiger charge is -2.46. The van der Waals surface area contributed by atoms with Gasteiger partial charge in [-0.3, -0.25) is 9.59 Å². The molecule has 0 bridgehead atoms. The Labute approximate surface area is 430 Å². The molecule has 14 atom stereocenters. The number of ether oxygens (including phenoxy) is 6. The molecule has 0 unspecified atom stereocenters. The fraction of sp³-hybridized carbons (Fsp3) is 0.679. The molecule has 2 aromatic carbocycles. The highest BCUT2D eigenvalue weighted by atomic mass is 31.2. The van der Waals surface area contributed by atoms with Gasteiger partial charge in [0.05, 0.1) is 93.4 Å². The zero-order valence-electron chi connectivity index (χ0n) is 44.7. The number of amides is 1. The zero-order chi connectivity index (χ0) is 52.8. The Morgan fingerprint density at radius 1 is 0.847 bits per heavy atom. The van der Waals surface area contributed by atoms with Gasteiger partial charge >= 0.3 is 5.97 Å². The van der Waals surface area contributed by atoms with Crippen molar-refractivity contribution >= 4 is 29.7 Å². The molecule has 0 spiro atoms. The van der Waals surface area contributed by atoms with E-state index in [4.69, 9.17) is 28.4 Å². The van der Waals surface area contributed by atoms with Gasteiger partial charge in [0, 0.05) is 24.9 Å². The highest BCUT2D eigenvalue weighted by Crippen LogP contribution is 2.65. The number of aliphatic hydroxyl groups excluding tert-OH is 3. The van der Waals surface area contributed by atoms with E-state index in [1.54, 1.807) is 27.7 Å². The molecule has 2 fully saturated rings. The number of carbonyl (C=O) groups excluding carboxylic acids is 2. The number of nitrogens with zero attached hydrogens (tertiary/aromatic N) is 2. The van der Waals surface area contributed by atoms with E-state index in [1.165, 1.54) is 34.7 Å². The number of cyclic esters (lactones) is 1. The largest absolute Gasteiger partial charge is 0.459 e. The number of allylic oxidation sites excluding steroid dienone is 4. The average molecular weight is 1030 g/mol. The van der Waals surface area contributed by atoms with E-state index < -0.39 is 85.0 Å². The monoisotopic (exact) mass is 1030 g/mol. The van der Waals surface area contributed by atoms with Crippen molar-refractivity contribution in [1.82, 2.24) is 9.80 Å². The second kappa shape index (κ2) is 27.6. The predicted octanol–water partition coefficient (Wildman–Crippen LogP) is 5.21. The molecular formula is C56H88N2O13P+. The Bertz CT molecular complexity index is 1980.